The van der Waals surface area contributed by atoms with Gasteiger partial charge in [0.2, 0.25) is 0 Å². The Labute approximate surface area is 97.2 Å². The van der Waals surface area contributed by atoms with E-state index in [1.54, 1.807) is 0 Å². The number of carboxylic acid groups (broad SMARTS) is 1. The van der Waals surface area contributed by atoms with E-state index in [9.17, 15) is 13.6 Å². The van der Waals surface area contributed by atoms with Gasteiger partial charge in [0, 0.05) is 5.56 Å². The van der Waals surface area contributed by atoms with E-state index in [1.807, 2.05) is 0 Å². The van der Waals surface area contributed by atoms with Crippen molar-refractivity contribution in [1.29, 1.82) is 0 Å². The van der Waals surface area contributed by atoms with Crippen molar-refractivity contribution in [3.05, 3.63) is 27.5 Å². The highest BCUT2D eigenvalue weighted by atomic mass is 79.9. The molecule has 82 valence electrons. The molecule has 0 atom stereocenters. The van der Waals surface area contributed by atoms with Crippen molar-refractivity contribution in [3.63, 3.8) is 0 Å². The van der Waals surface area contributed by atoms with Gasteiger partial charge in [-0.1, -0.05) is 0 Å². The predicted octanol–water partition coefficient (Wildman–Crippen LogP) is 3.22. The highest BCUT2D eigenvalue weighted by molar-refractivity contribution is 9.10. The van der Waals surface area contributed by atoms with Crippen molar-refractivity contribution in [2.24, 2.45) is 0 Å². The van der Waals surface area contributed by atoms with E-state index >= 15 is 0 Å². The number of nitrogens with zero attached hydrogens (tertiary/aromatic N) is 1. The summed E-state index contributed by atoms with van der Waals surface area (Å²) in [5, 5.41) is 8.71. The molecular weight excluding hydrogens is 295 g/mol. The fraction of sp³-hybridized carbons (Fsp3) is 0.250. The van der Waals surface area contributed by atoms with Gasteiger partial charge in [0.25, 0.3) is 6.43 Å². The lowest BCUT2D eigenvalue weighted by Gasteiger charge is -2.07. The summed E-state index contributed by atoms with van der Waals surface area (Å²) < 4.78 is 24.8. The van der Waals surface area contributed by atoms with Gasteiger partial charge in [-0.25, -0.2) is 18.6 Å². The number of rotatable bonds is 3. The van der Waals surface area contributed by atoms with Crippen LogP contribution in [-0.4, -0.2) is 16.1 Å². The molecule has 1 N–H and O–H groups in total. The topological polar surface area (TPSA) is 50.2 Å². The van der Waals surface area contributed by atoms with Crippen molar-refractivity contribution in [2.75, 3.05) is 0 Å². The Morgan fingerprint density at radius 1 is 1.67 bits per heavy atom. The molecule has 1 aromatic rings. The lowest BCUT2D eigenvalue weighted by Crippen LogP contribution is -2.06. The van der Waals surface area contributed by atoms with Gasteiger partial charge in [-0.05, 0) is 22.0 Å². The Balaban J connectivity index is 3.40. The summed E-state index contributed by atoms with van der Waals surface area (Å²) in [4.78, 5) is 14.3. The third kappa shape index (κ3) is 2.63. The SMILES string of the molecule is O=C(O)c1nc(CCl)cc(C(F)F)c1Br. The molecule has 0 amide bonds. The van der Waals surface area contributed by atoms with Crippen molar-refractivity contribution in [1.82, 2.24) is 4.98 Å². The average Bonchev–Trinajstić information content (AvgIpc) is 2.17. The summed E-state index contributed by atoms with van der Waals surface area (Å²) in [7, 11) is 0. The first-order valence-electron chi connectivity index (χ1n) is 3.74. The first-order valence-corrected chi connectivity index (χ1v) is 5.06. The van der Waals surface area contributed by atoms with Crippen molar-refractivity contribution in [2.45, 2.75) is 12.3 Å². The van der Waals surface area contributed by atoms with Gasteiger partial charge in [0.15, 0.2) is 5.69 Å². The molecule has 1 heterocycles. The first kappa shape index (κ1) is 12.3. The molecule has 1 rings (SSSR count). The molecule has 15 heavy (non-hydrogen) atoms. The van der Waals surface area contributed by atoms with Gasteiger partial charge < -0.3 is 5.11 Å². The minimum atomic E-state index is -2.78. The van der Waals surface area contributed by atoms with E-state index in [4.69, 9.17) is 16.7 Å². The number of carboxylic acids is 1. The van der Waals surface area contributed by atoms with E-state index in [1.165, 1.54) is 0 Å². The van der Waals surface area contributed by atoms with E-state index in [0.717, 1.165) is 6.07 Å². The van der Waals surface area contributed by atoms with Crippen molar-refractivity contribution >= 4 is 33.5 Å². The summed E-state index contributed by atoms with van der Waals surface area (Å²) >= 11 is 8.20. The Hall–Kier alpha value is -0.750. The average molecular weight is 300 g/mol. The van der Waals surface area contributed by atoms with Crippen molar-refractivity contribution < 1.29 is 18.7 Å². The molecule has 0 radical (unpaired) electrons. The van der Waals surface area contributed by atoms with Crippen LogP contribution in [0.1, 0.15) is 28.2 Å². The Kier molecular flexibility index (Phi) is 3.98. The number of aromatic nitrogens is 1. The number of carbonyl (C=O) groups is 1. The Morgan fingerprint density at radius 2 is 2.27 bits per heavy atom. The molecule has 0 saturated heterocycles. The number of aromatic carboxylic acids is 1. The summed E-state index contributed by atoms with van der Waals surface area (Å²) in [5.74, 6) is -1.50. The Morgan fingerprint density at radius 3 is 2.67 bits per heavy atom. The van der Waals surface area contributed by atoms with Crippen LogP contribution in [0.4, 0.5) is 8.78 Å². The summed E-state index contributed by atoms with van der Waals surface area (Å²) in [6, 6.07) is 1.08. The smallest absolute Gasteiger partial charge is 0.355 e. The van der Waals surface area contributed by atoms with Gasteiger partial charge in [-0.3, -0.25) is 0 Å². The monoisotopic (exact) mass is 299 g/mol. The van der Waals surface area contributed by atoms with Crippen LogP contribution in [-0.2, 0) is 5.88 Å². The maximum atomic E-state index is 12.5. The standard InChI is InChI=1S/C8H5BrClF2NO2/c9-5-4(7(11)12)1-3(2-10)13-6(5)8(14)15/h1,7H,2H2,(H,14,15). The van der Waals surface area contributed by atoms with E-state index in [0.29, 0.717) is 0 Å². The lowest BCUT2D eigenvalue weighted by atomic mass is 10.2. The second-order valence-corrected chi connectivity index (χ2v) is 3.67. The zero-order valence-electron chi connectivity index (χ0n) is 7.18. The van der Waals surface area contributed by atoms with E-state index < -0.39 is 23.7 Å². The molecule has 0 bridgehead atoms. The van der Waals surface area contributed by atoms with Crippen LogP contribution in [0.5, 0.6) is 0 Å². The van der Waals surface area contributed by atoms with Crippen LogP contribution in [0.3, 0.4) is 0 Å². The van der Waals surface area contributed by atoms with Gasteiger partial charge in [0.1, 0.15) is 0 Å². The fourth-order valence-corrected chi connectivity index (χ4v) is 1.66. The fourth-order valence-electron chi connectivity index (χ4n) is 0.973. The predicted molar refractivity (Wildman–Crippen MR) is 53.4 cm³/mol. The van der Waals surface area contributed by atoms with Crippen LogP contribution >= 0.6 is 27.5 Å². The summed E-state index contributed by atoms with van der Waals surface area (Å²) in [6.07, 6.45) is -2.78. The molecule has 0 unspecified atom stereocenters. The zero-order valence-corrected chi connectivity index (χ0v) is 9.52. The Bertz CT molecular complexity index is 400. The molecule has 0 saturated carbocycles. The van der Waals surface area contributed by atoms with Crippen LogP contribution < -0.4 is 0 Å². The van der Waals surface area contributed by atoms with Crippen LogP contribution in [0.15, 0.2) is 10.5 Å². The first-order chi connectivity index (χ1) is 6.97. The number of hydrogen-bond acceptors (Lipinski definition) is 2. The van der Waals surface area contributed by atoms with Crippen LogP contribution in [0, 0.1) is 0 Å². The van der Waals surface area contributed by atoms with E-state index in [2.05, 4.69) is 20.9 Å². The number of hydrogen-bond donors (Lipinski definition) is 1. The second-order valence-electron chi connectivity index (χ2n) is 2.60. The molecule has 0 aliphatic rings. The maximum Gasteiger partial charge on any atom is 0.355 e. The third-order valence-corrected chi connectivity index (χ3v) is 2.72. The van der Waals surface area contributed by atoms with Crippen molar-refractivity contribution in [3.8, 4) is 0 Å². The van der Waals surface area contributed by atoms with Gasteiger partial charge >= 0.3 is 5.97 Å². The second kappa shape index (κ2) is 4.85. The quantitative estimate of drug-likeness (QED) is 0.872. The van der Waals surface area contributed by atoms with E-state index in [-0.39, 0.29) is 16.0 Å². The molecule has 1 aromatic heterocycles. The largest absolute Gasteiger partial charge is 0.476 e. The molecule has 7 heteroatoms. The van der Waals surface area contributed by atoms with Gasteiger partial charge in [0.05, 0.1) is 16.0 Å². The summed E-state index contributed by atoms with van der Waals surface area (Å²) in [6.45, 7) is 0. The van der Waals surface area contributed by atoms with Crippen LogP contribution in [0.25, 0.3) is 0 Å². The molecular formula is C8H5BrClF2NO2. The summed E-state index contributed by atoms with van der Waals surface area (Å²) in [5.41, 5.74) is -0.769. The minimum absolute atomic E-state index is 0.104. The highest BCUT2D eigenvalue weighted by Crippen LogP contribution is 2.30. The number of halogens is 4. The number of pyridine rings is 1. The third-order valence-electron chi connectivity index (χ3n) is 1.61. The van der Waals surface area contributed by atoms with Gasteiger partial charge in [-0.2, -0.15) is 0 Å². The normalized spacial score (nSPS) is 10.7. The molecule has 0 aliphatic heterocycles. The lowest BCUT2D eigenvalue weighted by molar-refractivity contribution is 0.0688. The minimum Gasteiger partial charge on any atom is -0.476 e. The van der Waals surface area contributed by atoms with Gasteiger partial charge in [-0.15, -0.1) is 11.6 Å². The zero-order chi connectivity index (χ0) is 11.6. The highest BCUT2D eigenvalue weighted by Gasteiger charge is 2.20. The maximum absolute atomic E-state index is 12.5. The molecule has 0 spiro atoms. The number of alkyl halides is 3. The van der Waals surface area contributed by atoms with Crippen LogP contribution in [0.2, 0.25) is 0 Å². The molecule has 0 aliphatic carbocycles. The molecule has 0 fully saturated rings. The molecule has 0 aromatic carbocycles. The molecule has 3 nitrogen and oxygen atoms in total.